The van der Waals surface area contributed by atoms with Crippen LogP contribution in [-0.2, 0) is 11.4 Å². The van der Waals surface area contributed by atoms with Crippen molar-refractivity contribution in [1.82, 2.24) is 20.2 Å². The summed E-state index contributed by atoms with van der Waals surface area (Å²) in [6, 6.07) is 13.0. The second-order valence-electron chi connectivity index (χ2n) is 7.55. The maximum Gasteiger partial charge on any atom is 0.277 e. The molecule has 0 atom stereocenters. The van der Waals surface area contributed by atoms with Gasteiger partial charge in [0, 0.05) is 27.7 Å². The molecule has 1 amide bonds. The fourth-order valence-electron chi connectivity index (χ4n) is 3.33. The number of nitrogens with zero attached hydrogens (tertiary/aromatic N) is 4. The fourth-order valence-corrected chi connectivity index (χ4v) is 4.36. The van der Waals surface area contributed by atoms with Gasteiger partial charge in [-0.3, -0.25) is 4.79 Å². The van der Waals surface area contributed by atoms with Gasteiger partial charge in [0.15, 0.2) is 6.61 Å². The number of hydrogen-bond donors (Lipinski definition) is 1. The van der Waals surface area contributed by atoms with E-state index in [4.69, 9.17) is 32.4 Å². The number of thioether (sulfide) groups is 1. The highest BCUT2D eigenvalue weighted by atomic mass is 35.5. The summed E-state index contributed by atoms with van der Waals surface area (Å²) < 4.78 is 26.3. The van der Waals surface area contributed by atoms with Gasteiger partial charge in [-0.1, -0.05) is 35.0 Å². The normalized spacial score (nSPS) is 11.2. The molecule has 0 radical (unpaired) electrons. The summed E-state index contributed by atoms with van der Waals surface area (Å²) in [5, 5.41) is 12.9. The molecule has 0 unspecified atom stereocenters. The Kier molecular flexibility index (Phi) is 8.29. The van der Waals surface area contributed by atoms with Gasteiger partial charge in [-0.25, -0.2) is 9.82 Å². The number of halogens is 3. The van der Waals surface area contributed by atoms with E-state index in [2.05, 4.69) is 20.7 Å². The van der Waals surface area contributed by atoms with Gasteiger partial charge in [0.2, 0.25) is 0 Å². The van der Waals surface area contributed by atoms with E-state index in [1.165, 1.54) is 12.1 Å². The lowest BCUT2D eigenvalue weighted by Gasteiger charge is -2.09. The van der Waals surface area contributed by atoms with Crippen LogP contribution in [0, 0.1) is 19.7 Å². The number of aryl methyl sites for hydroxylation is 1. The Morgan fingerprint density at radius 3 is 2.72 bits per heavy atom. The van der Waals surface area contributed by atoms with Crippen LogP contribution in [-0.4, -0.2) is 32.6 Å². The van der Waals surface area contributed by atoms with Crippen molar-refractivity contribution in [3.63, 3.8) is 0 Å². The highest BCUT2D eigenvalue weighted by Crippen LogP contribution is 2.28. The summed E-state index contributed by atoms with van der Waals surface area (Å²) in [4.78, 5) is 12.2. The maximum absolute atomic E-state index is 13.2. The molecule has 186 valence electrons. The van der Waals surface area contributed by atoms with Crippen molar-refractivity contribution in [3.8, 4) is 11.4 Å². The molecular weight excluding hydrogens is 528 g/mol. The number of carbonyl (C=O) groups excluding carboxylic acids is 1. The molecule has 8 nitrogen and oxygen atoms in total. The fraction of sp³-hybridized carbons (Fsp3) is 0.167. The zero-order valence-electron chi connectivity index (χ0n) is 19.2. The van der Waals surface area contributed by atoms with Gasteiger partial charge < -0.3 is 13.7 Å². The van der Waals surface area contributed by atoms with Crippen LogP contribution in [0.3, 0.4) is 0 Å². The van der Waals surface area contributed by atoms with Crippen LogP contribution in [0.5, 0.6) is 5.75 Å². The number of carbonyl (C=O) groups is 1. The molecule has 0 aliphatic carbocycles. The minimum atomic E-state index is -0.340. The number of amides is 1. The molecule has 0 aliphatic heterocycles. The second-order valence-corrected chi connectivity index (χ2v) is 9.32. The summed E-state index contributed by atoms with van der Waals surface area (Å²) in [6.07, 6.45) is 1.56. The van der Waals surface area contributed by atoms with E-state index >= 15 is 0 Å². The van der Waals surface area contributed by atoms with Crippen LogP contribution in [0.1, 0.15) is 22.8 Å². The number of rotatable bonds is 9. The van der Waals surface area contributed by atoms with Crippen LogP contribution in [0.25, 0.3) is 5.69 Å². The van der Waals surface area contributed by atoms with Crippen LogP contribution in [0.15, 0.2) is 63.3 Å². The molecule has 0 aliphatic rings. The summed E-state index contributed by atoms with van der Waals surface area (Å²) in [5.41, 5.74) is 6.01. The largest absolute Gasteiger partial charge is 0.482 e. The van der Waals surface area contributed by atoms with Crippen molar-refractivity contribution in [3.05, 3.63) is 87.2 Å². The van der Waals surface area contributed by atoms with Gasteiger partial charge in [0.05, 0.1) is 17.0 Å². The summed E-state index contributed by atoms with van der Waals surface area (Å²) in [6.45, 7) is 3.88. The van der Waals surface area contributed by atoms with Crippen molar-refractivity contribution in [1.29, 1.82) is 0 Å². The van der Waals surface area contributed by atoms with Crippen molar-refractivity contribution in [2.45, 2.75) is 25.7 Å². The number of hydrogen-bond acceptors (Lipinski definition) is 7. The first-order valence-electron chi connectivity index (χ1n) is 10.6. The number of aromatic nitrogens is 3. The molecule has 36 heavy (non-hydrogen) atoms. The first-order valence-corrected chi connectivity index (χ1v) is 12.3. The predicted octanol–water partition coefficient (Wildman–Crippen LogP) is 5.74. The van der Waals surface area contributed by atoms with Crippen LogP contribution in [0.2, 0.25) is 10.0 Å². The zero-order chi connectivity index (χ0) is 25.7. The Bertz CT molecular complexity index is 1410. The molecule has 2 aromatic heterocycles. The van der Waals surface area contributed by atoms with Crippen LogP contribution < -0.4 is 10.2 Å². The summed E-state index contributed by atoms with van der Waals surface area (Å²) >= 11 is 13.0. The Labute approximate surface area is 220 Å². The van der Waals surface area contributed by atoms with Gasteiger partial charge in [0.25, 0.3) is 17.0 Å². The standard InChI is InChI=1S/C24H20Cl2FN5O3S/c1-14-9-16(15(2)32(14)19-6-4-18(27)5-7-19)11-28-29-22(33)13-36-24-31-30-23(35-24)12-34-21-8-3-17(25)10-20(21)26/h3-11H,12-13H2,1-2H3,(H,29,33)/b28-11-. The third-order valence-electron chi connectivity index (χ3n) is 4.97. The van der Waals surface area contributed by atoms with E-state index in [0.717, 1.165) is 34.4 Å². The number of hydrazone groups is 1. The lowest BCUT2D eigenvalue weighted by molar-refractivity contribution is -0.118. The average molecular weight is 548 g/mol. The molecule has 4 rings (SSSR count). The number of benzene rings is 2. The number of ether oxygens (including phenoxy) is 1. The summed E-state index contributed by atoms with van der Waals surface area (Å²) in [5.74, 6) is 0.0592. The molecule has 12 heteroatoms. The Morgan fingerprint density at radius 1 is 1.19 bits per heavy atom. The van der Waals surface area contributed by atoms with E-state index in [1.807, 2.05) is 24.5 Å². The van der Waals surface area contributed by atoms with Crippen molar-refractivity contribution in [2.24, 2.45) is 5.10 Å². The Morgan fingerprint density at radius 2 is 1.97 bits per heavy atom. The topological polar surface area (TPSA) is 94.5 Å². The van der Waals surface area contributed by atoms with E-state index < -0.39 is 0 Å². The smallest absolute Gasteiger partial charge is 0.277 e. The lowest BCUT2D eigenvalue weighted by Crippen LogP contribution is -2.19. The second kappa shape index (κ2) is 11.6. The molecule has 0 spiro atoms. The molecule has 2 heterocycles. The third-order valence-corrected chi connectivity index (χ3v) is 6.32. The lowest BCUT2D eigenvalue weighted by atomic mass is 10.2. The van der Waals surface area contributed by atoms with Gasteiger partial charge in [-0.05, 0) is 62.4 Å². The van der Waals surface area contributed by atoms with Crippen molar-refractivity contribution < 1.29 is 18.3 Å². The Balaban J connectivity index is 1.27. The molecule has 2 aromatic carbocycles. The van der Waals surface area contributed by atoms with Crippen LogP contribution in [0.4, 0.5) is 4.39 Å². The van der Waals surface area contributed by atoms with E-state index in [9.17, 15) is 9.18 Å². The zero-order valence-corrected chi connectivity index (χ0v) is 21.5. The SMILES string of the molecule is Cc1cc(/C=N\NC(=O)CSc2nnc(COc3ccc(Cl)cc3Cl)o2)c(C)n1-c1ccc(F)cc1. The first kappa shape index (κ1) is 25.7. The number of nitrogens with one attached hydrogen (secondary N) is 1. The molecule has 0 saturated heterocycles. The first-order chi connectivity index (χ1) is 17.3. The molecule has 4 aromatic rings. The molecule has 0 fully saturated rings. The predicted molar refractivity (Wildman–Crippen MR) is 137 cm³/mol. The molecule has 0 saturated carbocycles. The van der Waals surface area contributed by atoms with Gasteiger partial charge in [0.1, 0.15) is 11.6 Å². The van der Waals surface area contributed by atoms with E-state index in [0.29, 0.717) is 15.8 Å². The molecular formula is C24H20Cl2FN5O3S. The molecule has 1 N–H and O–H groups in total. The highest BCUT2D eigenvalue weighted by Gasteiger charge is 2.12. The van der Waals surface area contributed by atoms with Crippen molar-refractivity contribution >= 4 is 47.1 Å². The van der Waals surface area contributed by atoms with Gasteiger partial charge in [-0.2, -0.15) is 5.10 Å². The van der Waals surface area contributed by atoms with E-state index in [1.54, 1.807) is 36.5 Å². The highest BCUT2D eigenvalue weighted by molar-refractivity contribution is 7.99. The minimum absolute atomic E-state index is 0.0156. The van der Waals surface area contributed by atoms with Gasteiger partial charge >= 0.3 is 0 Å². The van der Waals surface area contributed by atoms with Crippen LogP contribution >= 0.6 is 35.0 Å². The third kappa shape index (κ3) is 6.45. The Hall–Kier alpha value is -3.34. The molecule has 0 bridgehead atoms. The van der Waals surface area contributed by atoms with E-state index in [-0.39, 0.29) is 35.2 Å². The monoisotopic (exact) mass is 547 g/mol. The summed E-state index contributed by atoms with van der Waals surface area (Å²) in [7, 11) is 0. The maximum atomic E-state index is 13.2. The minimum Gasteiger partial charge on any atom is -0.482 e. The average Bonchev–Trinajstić information content (AvgIpc) is 3.41. The van der Waals surface area contributed by atoms with Crippen molar-refractivity contribution in [2.75, 3.05) is 5.75 Å². The van der Waals surface area contributed by atoms with Gasteiger partial charge in [-0.15, -0.1) is 10.2 Å². The quantitative estimate of drug-likeness (QED) is 0.163.